The highest BCUT2D eigenvalue weighted by molar-refractivity contribution is 6.20. The zero-order chi connectivity index (χ0) is 17.4. The van der Waals surface area contributed by atoms with Gasteiger partial charge in [-0.3, -0.25) is 19.2 Å². The standard InChI is InChI=1S/C16H21N3O5.CH4/c1-23-10-8-18-14(20)11-17-7-4-9-24-19-15(21)12-5-2-3-6-13(12)16(19)22;/h2-3,5-6,17H,4,7-11H2,1H3,(H,18,20);1H4. The molecule has 0 saturated carbocycles. The van der Waals surface area contributed by atoms with E-state index in [0.717, 1.165) is 5.06 Å². The van der Waals surface area contributed by atoms with Gasteiger partial charge in [0.15, 0.2) is 0 Å². The van der Waals surface area contributed by atoms with Crippen molar-refractivity contribution >= 4 is 17.7 Å². The van der Waals surface area contributed by atoms with E-state index in [-0.39, 0.29) is 26.5 Å². The summed E-state index contributed by atoms with van der Waals surface area (Å²) in [6, 6.07) is 6.61. The van der Waals surface area contributed by atoms with Crippen molar-refractivity contribution in [1.82, 2.24) is 15.7 Å². The van der Waals surface area contributed by atoms with Crippen LogP contribution < -0.4 is 10.6 Å². The third kappa shape index (κ3) is 5.63. The predicted octanol–water partition coefficient (Wildman–Crippen LogP) is 0.593. The lowest BCUT2D eigenvalue weighted by molar-refractivity contribution is -0.120. The Kier molecular flexibility index (Phi) is 8.76. The molecule has 138 valence electrons. The Bertz CT molecular complexity index is 571. The number of amides is 3. The van der Waals surface area contributed by atoms with Gasteiger partial charge in [-0.15, -0.1) is 5.06 Å². The SMILES string of the molecule is C.COCCNC(=O)CNCCCON1C(=O)c2ccccc2C1=O. The topological polar surface area (TPSA) is 97.0 Å². The van der Waals surface area contributed by atoms with Gasteiger partial charge in [-0.2, -0.15) is 0 Å². The van der Waals surface area contributed by atoms with E-state index < -0.39 is 11.8 Å². The van der Waals surface area contributed by atoms with Crippen LogP contribution in [0.3, 0.4) is 0 Å². The van der Waals surface area contributed by atoms with E-state index in [9.17, 15) is 14.4 Å². The summed E-state index contributed by atoms with van der Waals surface area (Å²) in [5.74, 6) is -1.00. The van der Waals surface area contributed by atoms with Crippen LogP contribution in [0.5, 0.6) is 0 Å². The maximum Gasteiger partial charge on any atom is 0.285 e. The van der Waals surface area contributed by atoms with Gasteiger partial charge in [-0.1, -0.05) is 19.6 Å². The maximum atomic E-state index is 12.0. The Morgan fingerprint density at radius 2 is 1.72 bits per heavy atom. The summed E-state index contributed by atoms with van der Waals surface area (Å²) < 4.78 is 4.83. The van der Waals surface area contributed by atoms with Crippen LogP contribution in [0.1, 0.15) is 34.6 Å². The molecule has 1 aromatic carbocycles. The minimum absolute atomic E-state index is 0. The maximum absolute atomic E-state index is 12.0. The summed E-state index contributed by atoms with van der Waals surface area (Å²) in [6.45, 7) is 1.86. The largest absolute Gasteiger partial charge is 0.383 e. The van der Waals surface area contributed by atoms with Crippen molar-refractivity contribution in [2.24, 2.45) is 0 Å². The van der Waals surface area contributed by atoms with Crippen molar-refractivity contribution in [2.75, 3.05) is 40.0 Å². The molecule has 0 fully saturated rings. The van der Waals surface area contributed by atoms with Gasteiger partial charge in [0.25, 0.3) is 11.8 Å². The monoisotopic (exact) mass is 351 g/mol. The van der Waals surface area contributed by atoms with Crippen LogP contribution in [0.4, 0.5) is 0 Å². The summed E-state index contributed by atoms with van der Waals surface area (Å²) in [4.78, 5) is 40.8. The first kappa shape index (κ1) is 20.8. The summed E-state index contributed by atoms with van der Waals surface area (Å²) in [5.41, 5.74) is 0.710. The summed E-state index contributed by atoms with van der Waals surface area (Å²) in [6.07, 6.45) is 0.554. The fourth-order valence-electron chi connectivity index (χ4n) is 2.19. The number of nitrogens with one attached hydrogen (secondary N) is 2. The van der Waals surface area contributed by atoms with Crippen LogP contribution in [0.15, 0.2) is 24.3 Å². The number of hydrogen-bond acceptors (Lipinski definition) is 6. The van der Waals surface area contributed by atoms with Crippen molar-refractivity contribution in [3.63, 3.8) is 0 Å². The summed E-state index contributed by atoms with van der Waals surface area (Å²) >= 11 is 0. The molecule has 0 bridgehead atoms. The number of hydroxylamine groups is 2. The van der Waals surface area contributed by atoms with Gasteiger partial charge in [-0.25, -0.2) is 0 Å². The molecular weight excluding hydrogens is 326 g/mol. The molecule has 1 aliphatic heterocycles. The molecule has 1 aromatic rings. The second-order valence-corrected chi connectivity index (χ2v) is 5.16. The second kappa shape index (κ2) is 10.5. The van der Waals surface area contributed by atoms with E-state index in [0.29, 0.717) is 37.2 Å². The fraction of sp³-hybridized carbons (Fsp3) is 0.471. The molecule has 1 aliphatic rings. The van der Waals surface area contributed by atoms with Crippen LogP contribution in [0.25, 0.3) is 0 Å². The first-order valence-electron chi connectivity index (χ1n) is 7.72. The van der Waals surface area contributed by atoms with Crippen LogP contribution in [0, 0.1) is 0 Å². The first-order valence-corrected chi connectivity index (χ1v) is 7.72. The number of imide groups is 1. The van der Waals surface area contributed by atoms with E-state index in [1.54, 1.807) is 31.4 Å². The lowest BCUT2D eigenvalue weighted by Crippen LogP contribution is -2.36. The minimum atomic E-state index is -0.443. The Labute approximate surface area is 147 Å². The molecule has 2 N–H and O–H groups in total. The van der Waals surface area contributed by atoms with Crippen LogP contribution in [-0.2, 0) is 14.4 Å². The molecule has 0 aliphatic carbocycles. The Balaban J connectivity index is 0.00000312. The van der Waals surface area contributed by atoms with Gasteiger partial charge in [-0.05, 0) is 25.1 Å². The van der Waals surface area contributed by atoms with Crippen molar-refractivity contribution in [2.45, 2.75) is 13.8 Å². The van der Waals surface area contributed by atoms with E-state index in [1.165, 1.54) is 0 Å². The number of ether oxygens (including phenoxy) is 1. The Morgan fingerprint density at radius 1 is 1.08 bits per heavy atom. The predicted molar refractivity (Wildman–Crippen MR) is 92.0 cm³/mol. The quantitative estimate of drug-likeness (QED) is 0.473. The Morgan fingerprint density at radius 3 is 2.32 bits per heavy atom. The first-order chi connectivity index (χ1) is 11.6. The van der Waals surface area contributed by atoms with Crippen molar-refractivity contribution in [1.29, 1.82) is 0 Å². The van der Waals surface area contributed by atoms with E-state index >= 15 is 0 Å². The van der Waals surface area contributed by atoms with Crippen molar-refractivity contribution in [3.8, 4) is 0 Å². The smallest absolute Gasteiger partial charge is 0.285 e. The highest BCUT2D eigenvalue weighted by Gasteiger charge is 2.36. The van der Waals surface area contributed by atoms with Gasteiger partial charge in [0.1, 0.15) is 0 Å². The van der Waals surface area contributed by atoms with Gasteiger partial charge < -0.3 is 15.4 Å². The Hall–Kier alpha value is -2.29. The summed E-state index contributed by atoms with van der Waals surface area (Å²) in [5, 5.41) is 6.44. The molecule has 0 spiro atoms. The molecule has 0 radical (unpaired) electrons. The molecule has 25 heavy (non-hydrogen) atoms. The molecule has 2 rings (SSSR count). The minimum Gasteiger partial charge on any atom is -0.383 e. The molecule has 3 amide bonds. The highest BCUT2D eigenvalue weighted by atomic mass is 16.7. The fourth-order valence-corrected chi connectivity index (χ4v) is 2.19. The van der Waals surface area contributed by atoms with Crippen molar-refractivity contribution in [3.05, 3.63) is 35.4 Å². The number of nitrogens with zero attached hydrogens (tertiary/aromatic N) is 1. The molecule has 0 aromatic heterocycles. The van der Waals surface area contributed by atoms with Gasteiger partial charge in [0.2, 0.25) is 5.91 Å². The number of carbonyl (C=O) groups is 3. The van der Waals surface area contributed by atoms with Crippen molar-refractivity contribution < 1.29 is 24.0 Å². The number of hydrogen-bond donors (Lipinski definition) is 2. The number of fused-ring (bicyclic) bond motifs is 1. The normalized spacial score (nSPS) is 12.8. The van der Waals surface area contributed by atoms with E-state index in [4.69, 9.17) is 9.57 Å². The highest BCUT2D eigenvalue weighted by Crippen LogP contribution is 2.22. The second-order valence-electron chi connectivity index (χ2n) is 5.16. The molecule has 0 unspecified atom stereocenters. The average Bonchev–Trinajstić information content (AvgIpc) is 2.83. The number of rotatable bonds is 10. The lowest BCUT2D eigenvalue weighted by Gasteiger charge is -2.13. The number of methoxy groups -OCH3 is 1. The van der Waals surface area contributed by atoms with Crippen LogP contribution >= 0.6 is 0 Å². The van der Waals surface area contributed by atoms with E-state index in [1.807, 2.05) is 0 Å². The zero-order valence-corrected chi connectivity index (χ0v) is 13.5. The summed E-state index contributed by atoms with van der Waals surface area (Å²) in [7, 11) is 1.57. The molecule has 1 heterocycles. The molecule has 0 saturated heterocycles. The lowest BCUT2D eigenvalue weighted by atomic mass is 10.1. The van der Waals surface area contributed by atoms with Crippen LogP contribution in [0.2, 0.25) is 0 Å². The zero-order valence-electron chi connectivity index (χ0n) is 13.5. The average molecular weight is 351 g/mol. The third-order valence-corrected chi connectivity index (χ3v) is 3.39. The van der Waals surface area contributed by atoms with Gasteiger partial charge in [0, 0.05) is 13.7 Å². The molecule has 0 atom stereocenters. The van der Waals surface area contributed by atoms with Gasteiger partial charge in [0.05, 0.1) is 30.9 Å². The van der Waals surface area contributed by atoms with Gasteiger partial charge >= 0.3 is 0 Å². The molecular formula is C17H25N3O5. The molecule has 8 heteroatoms. The molecule has 8 nitrogen and oxygen atoms in total. The van der Waals surface area contributed by atoms with Crippen LogP contribution in [-0.4, -0.2) is 62.7 Å². The van der Waals surface area contributed by atoms with E-state index in [2.05, 4.69) is 10.6 Å². The number of benzene rings is 1. The number of carbonyl (C=O) groups excluding carboxylic acids is 3. The third-order valence-electron chi connectivity index (χ3n) is 3.39.